The Balaban J connectivity index is 1.58. The second-order valence-electron chi connectivity index (χ2n) is 7.16. The smallest absolute Gasteiger partial charge is 0.433 e. The third kappa shape index (κ3) is 5.12. The summed E-state index contributed by atoms with van der Waals surface area (Å²) in [5, 5.41) is 20.3. The zero-order valence-corrected chi connectivity index (χ0v) is 17.1. The molecular formula is C23H16F3N5O2. The van der Waals surface area contributed by atoms with E-state index in [4.69, 9.17) is 5.11 Å². The van der Waals surface area contributed by atoms with Crippen LogP contribution in [0.15, 0.2) is 66.9 Å². The molecular weight excluding hydrogens is 435 g/mol. The minimum Gasteiger partial charge on any atom is -0.478 e. The van der Waals surface area contributed by atoms with E-state index < -0.39 is 17.8 Å². The number of aromatic nitrogens is 4. The lowest BCUT2D eigenvalue weighted by Gasteiger charge is -2.11. The lowest BCUT2D eigenvalue weighted by molar-refractivity contribution is -0.141. The summed E-state index contributed by atoms with van der Waals surface area (Å²) in [5.41, 5.74) is 3.02. The Morgan fingerprint density at radius 1 is 0.909 bits per heavy atom. The lowest BCUT2D eigenvalue weighted by atomic mass is 10.1. The third-order valence-electron chi connectivity index (χ3n) is 4.67. The van der Waals surface area contributed by atoms with Gasteiger partial charge in [0.1, 0.15) is 5.69 Å². The fourth-order valence-electron chi connectivity index (χ4n) is 3.13. The summed E-state index contributed by atoms with van der Waals surface area (Å²) < 4.78 is 38.7. The molecule has 0 unspecified atom stereocenters. The molecule has 2 aromatic heterocycles. The van der Waals surface area contributed by atoms with Crippen LogP contribution in [0.3, 0.4) is 0 Å². The van der Waals surface area contributed by atoms with Crippen molar-refractivity contribution in [2.45, 2.75) is 13.1 Å². The number of carbonyl (C=O) groups is 1. The van der Waals surface area contributed by atoms with Crippen molar-refractivity contribution in [3.05, 3.63) is 83.7 Å². The quantitative estimate of drug-likeness (QED) is 0.421. The minimum absolute atomic E-state index is 0.174. The van der Waals surface area contributed by atoms with E-state index in [-0.39, 0.29) is 11.5 Å². The molecule has 4 aromatic rings. The van der Waals surface area contributed by atoms with E-state index in [1.54, 1.807) is 36.4 Å². The van der Waals surface area contributed by atoms with Crippen molar-refractivity contribution in [1.29, 1.82) is 0 Å². The Labute approximate surface area is 186 Å². The summed E-state index contributed by atoms with van der Waals surface area (Å²) in [5.74, 6) is -1.19. The molecule has 0 saturated heterocycles. The van der Waals surface area contributed by atoms with Crippen LogP contribution in [0.1, 0.15) is 21.6 Å². The number of alkyl halides is 3. The molecule has 0 atom stereocenters. The molecule has 166 valence electrons. The number of rotatable bonds is 5. The third-order valence-corrected chi connectivity index (χ3v) is 4.67. The highest BCUT2D eigenvalue weighted by atomic mass is 19.4. The van der Waals surface area contributed by atoms with Crippen molar-refractivity contribution in [3.8, 4) is 22.5 Å². The molecule has 2 aromatic carbocycles. The van der Waals surface area contributed by atoms with Crippen LogP contribution in [0.25, 0.3) is 22.5 Å². The van der Waals surface area contributed by atoms with Gasteiger partial charge in [0.25, 0.3) is 0 Å². The molecule has 0 aliphatic rings. The number of nitrogens with zero attached hydrogens (tertiary/aromatic N) is 4. The highest BCUT2D eigenvalue weighted by Crippen LogP contribution is 2.29. The lowest BCUT2D eigenvalue weighted by Crippen LogP contribution is -2.10. The summed E-state index contributed by atoms with van der Waals surface area (Å²) in [6.07, 6.45) is -3.52. The second-order valence-corrected chi connectivity index (χ2v) is 7.16. The average molecular weight is 451 g/mol. The van der Waals surface area contributed by atoms with Crippen LogP contribution in [0, 0.1) is 6.92 Å². The number of hydrogen-bond donors (Lipinski definition) is 2. The highest BCUT2D eigenvalue weighted by molar-refractivity contribution is 5.88. The number of benzene rings is 2. The van der Waals surface area contributed by atoms with Crippen LogP contribution in [-0.4, -0.2) is 31.2 Å². The molecule has 2 heterocycles. The normalized spacial score (nSPS) is 11.3. The largest absolute Gasteiger partial charge is 0.478 e. The number of hydrogen-bond acceptors (Lipinski definition) is 6. The molecule has 0 radical (unpaired) electrons. The van der Waals surface area contributed by atoms with Crippen LogP contribution >= 0.6 is 0 Å². The van der Waals surface area contributed by atoms with Crippen LogP contribution in [0.4, 0.5) is 24.8 Å². The number of halogens is 3. The van der Waals surface area contributed by atoms with Crippen LogP contribution < -0.4 is 5.32 Å². The van der Waals surface area contributed by atoms with E-state index in [9.17, 15) is 18.0 Å². The molecule has 4 rings (SSSR count). The van der Waals surface area contributed by atoms with Crippen molar-refractivity contribution in [3.63, 3.8) is 0 Å². The summed E-state index contributed by atoms with van der Waals surface area (Å²) in [7, 11) is 0. The Hall–Kier alpha value is -4.34. The summed E-state index contributed by atoms with van der Waals surface area (Å²) in [4.78, 5) is 18.4. The van der Waals surface area contributed by atoms with Gasteiger partial charge in [0.15, 0.2) is 0 Å². The Morgan fingerprint density at radius 2 is 1.58 bits per heavy atom. The first-order valence-electron chi connectivity index (χ1n) is 9.66. The number of nitrogens with one attached hydrogen (secondary N) is 1. The molecule has 0 saturated carbocycles. The number of aryl methyl sites for hydroxylation is 1. The van der Waals surface area contributed by atoms with Crippen molar-refractivity contribution >= 4 is 17.6 Å². The van der Waals surface area contributed by atoms with E-state index in [0.29, 0.717) is 28.2 Å². The van der Waals surface area contributed by atoms with Crippen LogP contribution in [-0.2, 0) is 6.18 Å². The molecule has 0 aliphatic carbocycles. The van der Waals surface area contributed by atoms with E-state index in [0.717, 1.165) is 17.8 Å². The van der Waals surface area contributed by atoms with Gasteiger partial charge in [-0.15, -0.1) is 10.2 Å². The number of carboxylic acid groups (broad SMARTS) is 1. The first-order chi connectivity index (χ1) is 15.7. The zero-order chi connectivity index (χ0) is 23.6. The molecule has 0 bridgehead atoms. The molecule has 0 fully saturated rings. The van der Waals surface area contributed by atoms with Crippen molar-refractivity contribution < 1.29 is 23.1 Å². The van der Waals surface area contributed by atoms with Gasteiger partial charge in [-0.1, -0.05) is 12.1 Å². The number of aromatic carboxylic acids is 1. The standard InChI is InChI=1S/C23H16F3N5O2/c1-13-10-16(12-17(11-13)28-22-27-9-8-20(29-22)23(24,25)26)19-7-6-18(30-31-19)14-2-4-15(5-3-14)21(32)33/h2-12H,1H3,(H,32,33)(H,27,28,29). The van der Waals surface area contributed by atoms with Crippen molar-refractivity contribution in [2.24, 2.45) is 0 Å². The van der Waals surface area contributed by atoms with Gasteiger partial charge in [0.05, 0.1) is 17.0 Å². The fourth-order valence-corrected chi connectivity index (χ4v) is 3.13. The van der Waals surface area contributed by atoms with Gasteiger partial charge in [0.2, 0.25) is 5.95 Å². The second kappa shape index (κ2) is 8.65. The highest BCUT2D eigenvalue weighted by Gasteiger charge is 2.32. The van der Waals surface area contributed by atoms with Gasteiger partial charge in [-0.3, -0.25) is 0 Å². The van der Waals surface area contributed by atoms with Gasteiger partial charge in [-0.05, 0) is 61.0 Å². The maximum absolute atomic E-state index is 12.9. The van der Waals surface area contributed by atoms with Gasteiger partial charge in [-0.25, -0.2) is 14.8 Å². The molecule has 2 N–H and O–H groups in total. The van der Waals surface area contributed by atoms with Crippen molar-refractivity contribution in [1.82, 2.24) is 20.2 Å². The number of anilines is 2. The van der Waals surface area contributed by atoms with Gasteiger partial charge >= 0.3 is 12.1 Å². The molecule has 0 spiro atoms. The molecule has 0 amide bonds. The van der Waals surface area contributed by atoms with Gasteiger partial charge in [0, 0.05) is 23.0 Å². The zero-order valence-electron chi connectivity index (χ0n) is 17.1. The number of carboxylic acids is 1. The Morgan fingerprint density at radius 3 is 2.18 bits per heavy atom. The maximum atomic E-state index is 12.9. The van der Waals surface area contributed by atoms with Gasteiger partial charge < -0.3 is 10.4 Å². The van der Waals surface area contributed by atoms with Crippen LogP contribution in [0.5, 0.6) is 0 Å². The molecule has 33 heavy (non-hydrogen) atoms. The SMILES string of the molecule is Cc1cc(Nc2nccc(C(F)(F)F)n2)cc(-c2ccc(-c3ccc(C(=O)O)cc3)nn2)c1. The monoisotopic (exact) mass is 451 g/mol. The van der Waals surface area contributed by atoms with E-state index in [2.05, 4.69) is 25.5 Å². The minimum atomic E-state index is -4.57. The maximum Gasteiger partial charge on any atom is 0.433 e. The Bertz CT molecular complexity index is 1310. The summed E-state index contributed by atoms with van der Waals surface area (Å²) in [6.45, 7) is 1.84. The van der Waals surface area contributed by atoms with E-state index in [1.807, 2.05) is 13.0 Å². The first kappa shape index (κ1) is 21.9. The van der Waals surface area contributed by atoms with Crippen LogP contribution in [0.2, 0.25) is 0 Å². The molecule has 7 nitrogen and oxygen atoms in total. The summed E-state index contributed by atoms with van der Waals surface area (Å²) >= 11 is 0. The topological polar surface area (TPSA) is 101 Å². The summed E-state index contributed by atoms with van der Waals surface area (Å²) in [6, 6.07) is 15.9. The predicted molar refractivity (Wildman–Crippen MR) is 115 cm³/mol. The van der Waals surface area contributed by atoms with Crippen molar-refractivity contribution in [2.75, 3.05) is 5.32 Å². The van der Waals surface area contributed by atoms with E-state index >= 15 is 0 Å². The van der Waals surface area contributed by atoms with Gasteiger partial charge in [-0.2, -0.15) is 13.2 Å². The predicted octanol–water partition coefficient (Wildman–Crippen LogP) is 5.37. The molecule has 10 heteroatoms. The van der Waals surface area contributed by atoms with E-state index in [1.165, 1.54) is 12.1 Å². The fraction of sp³-hybridized carbons (Fsp3) is 0.0870. The average Bonchev–Trinajstić information content (AvgIpc) is 2.78. The molecule has 0 aliphatic heterocycles. The Kier molecular flexibility index (Phi) is 5.74. The first-order valence-corrected chi connectivity index (χ1v) is 9.66.